The molecule has 1 aliphatic heterocycles. The molecule has 6 heteroatoms. The highest BCUT2D eigenvalue weighted by Crippen LogP contribution is 2.20. The third-order valence-electron chi connectivity index (χ3n) is 2.44. The van der Waals surface area contributed by atoms with Gasteiger partial charge in [0.1, 0.15) is 11.4 Å². The summed E-state index contributed by atoms with van der Waals surface area (Å²) in [6.07, 6.45) is 1.25. The van der Waals surface area contributed by atoms with Crippen molar-refractivity contribution in [3.63, 3.8) is 0 Å². The molecular formula is C13H17IN2O3. The first kappa shape index (κ1) is 15.9. The molecule has 5 nitrogen and oxygen atoms in total. The molecule has 0 spiro atoms. The molecular weight excluding hydrogens is 359 g/mol. The maximum Gasteiger partial charge on any atom is 0.547 e. The molecule has 1 aromatic carbocycles. The smallest absolute Gasteiger partial charge is 0.547 e. The molecule has 1 unspecified atom stereocenters. The van der Waals surface area contributed by atoms with Crippen molar-refractivity contribution in [2.45, 2.75) is 26.4 Å². The summed E-state index contributed by atoms with van der Waals surface area (Å²) in [6.45, 7) is 5.50. The molecule has 0 fully saturated rings. The zero-order chi connectivity index (χ0) is 13.3. The number of carbonyl (C=O) groups is 1. The first-order valence-corrected chi connectivity index (χ1v) is 5.73. The van der Waals surface area contributed by atoms with Crippen LogP contribution in [-0.4, -0.2) is 25.0 Å². The lowest BCUT2D eigenvalue weighted by molar-refractivity contribution is -0.757. The molecule has 0 aliphatic carbocycles. The van der Waals surface area contributed by atoms with E-state index in [1.807, 2.05) is 32.9 Å². The Labute approximate surface area is 129 Å². The summed E-state index contributed by atoms with van der Waals surface area (Å²) < 4.78 is 10.4. The monoisotopic (exact) mass is 376 g/mol. The second-order valence-electron chi connectivity index (χ2n) is 5.06. The van der Waals surface area contributed by atoms with Crippen molar-refractivity contribution in [1.29, 1.82) is 0 Å². The van der Waals surface area contributed by atoms with E-state index >= 15 is 0 Å². The quantitative estimate of drug-likeness (QED) is 0.607. The molecule has 19 heavy (non-hydrogen) atoms. The van der Waals surface area contributed by atoms with Crippen LogP contribution in [0.25, 0.3) is 0 Å². The van der Waals surface area contributed by atoms with Crippen molar-refractivity contribution in [2.75, 3.05) is 7.11 Å². The highest BCUT2D eigenvalue weighted by molar-refractivity contribution is 5.89. The fourth-order valence-corrected chi connectivity index (χ4v) is 1.68. The fraction of sp³-hybridized carbons (Fsp3) is 0.385. The lowest BCUT2D eigenvalue weighted by Gasteiger charge is -2.18. The molecule has 2 rings (SSSR count). The number of benzene rings is 1. The Hall–Kier alpha value is -1.15. The topological polar surface area (TPSA) is 52.3 Å². The van der Waals surface area contributed by atoms with Crippen molar-refractivity contribution in [3.05, 3.63) is 23.8 Å². The predicted molar refractivity (Wildman–Crippen MR) is 67.4 cm³/mol. The average Bonchev–Trinajstić information content (AvgIpc) is 2.69. The summed E-state index contributed by atoms with van der Waals surface area (Å²) in [5, 5.41) is 4.47. The standard InChI is InChI=1S/C13H16N2O3.HI/c1-13(2,3)18-12(16)15-11-6-5-10(17-4)7-9(11)8-14-15;/h5-8H,1-4H3;1H. The van der Waals surface area contributed by atoms with Gasteiger partial charge in [-0.1, -0.05) is 10.1 Å². The number of nitrogens with zero attached hydrogens (tertiary/aromatic N) is 1. The average molecular weight is 376 g/mol. The van der Waals surface area contributed by atoms with Gasteiger partial charge in [0.05, 0.1) is 18.9 Å². The van der Waals surface area contributed by atoms with Crippen LogP contribution in [0.2, 0.25) is 0 Å². The van der Waals surface area contributed by atoms with E-state index in [1.54, 1.807) is 19.4 Å². The third kappa shape index (κ3) is 3.66. The molecule has 104 valence electrons. The van der Waals surface area contributed by atoms with Crippen molar-refractivity contribution >= 4 is 18.0 Å². The van der Waals surface area contributed by atoms with Gasteiger partial charge >= 0.3 is 6.09 Å². The summed E-state index contributed by atoms with van der Waals surface area (Å²) in [5.74, 6) is 0.741. The molecule has 1 aliphatic rings. The van der Waals surface area contributed by atoms with Gasteiger partial charge in [0.15, 0.2) is 5.69 Å². The number of rotatable bonds is 1. The van der Waals surface area contributed by atoms with Gasteiger partial charge < -0.3 is 33.5 Å². The first-order valence-electron chi connectivity index (χ1n) is 5.73. The number of nitrogens with one attached hydrogen (secondary N) is 1. The second-order valence-corrected chi connectivity index (χ2v) is 5.06. The zero-order valence-electron chi connectivity index (χ0n) is 11.4. The lowest BCUT2D eigenvalue weighted by atomic mass is 10.2. The molecule has 1 atom stereocenters. The van der Waals surface area contributed by atoms with Crippen LogP contribution in [0, 0.1) is 0 Å². The summed E-state index contributed by atoms with van der Waals surface area (Å²) in [5.41, 5.74) is 1.13. The van der Waals surface area contributed by atoms with Crippen molar-refractivity contribution in [3.8, 4) is 5.75 Å². The minimum Gasteiger partial charge on any atom is -1.00 e. The summed E-state index contributed by atoms with van der Waals surface area (Å²) in [7, 11) is 1.60. The molecule has 0 radical (unpaired) electrons. The minimum absolute atomic E-state index is 0. The Kier molecular flexibility index (Phi) is 4.92. The Morgan fingerprint density at radius 1 is 1.32 bits per heavy atom. The molecule has 1 amide bonds. The molecule has 0 aromatic heterocycles. The number of carbonyl (C=O) groups excluding carboxylic acids is 1. The number of ether oxygens (including phenoxy) is 2. The van der Waals surface area contributed by atoms with E-state index in [9.17, 15) is 4.79 Å². The number of amides is 1. The number of hydrogen-bond acceptors (Lipinski definition) is 4. The molecule has 0 bridgehead atoms. The van der Waals surface area contributed by atoms with Crippen molar-refractivity contribution in [2.24, 2.45) is 5.10 Å². The van der Waals surface area contributed by atoms with Crippen molar-refractivity contribution in [1.82, 2.24) is 0 Å². The maximum absolute atomic E-state index is 12.0. The predicted octanol–water partition coefficient (Wildman–Crippen LogP) is -1.50. The van der Waals surface area contributed by atoms with Crippen LogP contribution in [0.1, 0.15) is 26.3 Å². The van der Waals surface area contributed by atoms with E-state index < -0.39 is 11.7 Å². The van der Waals surface area contributed by atoms with Gasteiger partial charge in [-0.25, -0.2) is 0 Å². The van der Waals surface area contributed by atoms with Gasteiger partial charge in [-0.3, -0.25) is 0 Å². The summed E-state index contributed by atoms with van der Waals surface area (Å²) >= 11 is 0. The Balaban J connectivity index is 0.00000180. The van der Waals surface area contributed by atoms with Gasteiger partial charge in [-0.2, -0.15) is 4.79 Å². The van der Waals surface area contributed by atoms with Crippen LogP contribution >= 0.6 is 0 Å². The van der Waals surface area contributed by atoms with Crippen LogP contribution in [0.5, 0.6) is 5.75 Å². The first-order chi connectivity index (χ1) is 8.40. The van der Waals surface area contributed by atoms with Gasteiger partial charge in [0, 0.05) is 6.07 Å². The maximum atomic E-state index is 12.0. The fourth-order valence-electron chi connectivity index (χ4n) is 1.68. The van der Waals surface area contributed by atoms with Crippen LogP contribution in [0.15, 0.2) is 23.3 Å². The highest BCUT2D eigenvalue weighted by atomic mass is 127. The molecule has 1 heterocycles. The van der Waals surface area contributed by atoms with Crippen LogP contribution in [-0.2, 0) is 4.74 Å². The molecule has 0 saturated carbocycles. The van der Waals surface area contributed by atoms with E-state index in [1.165, 1.54) is 0 Å². The van der Waals surface area contributed by atoms with E-state index in [-0.39, 0.29) is 24.0 Å². The van der Waals surface area contributed by atoms with Crippen molar-refractivity contribution < 1.29 is 43.3 Å². The lowest BCUT2D eigenvalue weighted by Crippen LogP contribution is -3.04. The number of quaternary nitrogens is 1. The third-order valence-corrected chi connectivity index (χ3v) is 2.44. The summed E-state index contributed by atoms with van der Waals surface area (Å²) in [6, 6.07) is 5.47. The summed E-state index contributed by atoms with van der Waals surface area (Å²) in [4.78, 5) is 12.0. The zero-order valence-corrected chi connectivity index (χ0v) is 13.5. The number of methoxy groups -OCH3 is 1. The van der Waals surface area contributed by atoms with Gasteiger partial charge in [-0.15, -0.1) is 0 Å². The van der Waals surface area contributed by atoms with E-state index in [4.69, 9.17) is 9.47 Å². The largest absolute Gasteiger partial charge is 1.00 e. The van der Waals surface area contributed by atoms with Crippen LogP contribution in [0.3, 0.4) is 0 Å². The van der Waals surface area contributed by atoms with Crippen LogP contribution < -0.4 is 33.7 Å². The normalized spacial score (nSPS) is 16.5. The SMILES string of the molecule is COc1ccc2c(c1)C=N[NH+]2C(=O)OC(C)(C)C.[I-]. The van der Waals surface area contributed by atoms with Gasteiger partial charge in [0.25, 0.3) is 0 Å². The van der Waals surface area contributed by atoms with E-state index in [0.717, 1.165) is 17.0 Å². The minimum atomic E-state index is -0.519. The van der Waals surface area contributed by atoms with E-state index in [0.29, 0.717) is 5.01 Å². The Bertz CT molecular complexity index is 509. The highest BCUT2D eigenvalue weighted by Gasteiger charge is 2.33. The van der Waals surface area contributed by atoms with Gasteiger partial charge in [-0.05, 0) is 32.9 Å². The molecule has 1 N–H and O–H groups in total. The van der Waals surface area contributed by atoms with E-state index in [2.05, 4.69) is 5.10 Å². The molecule has 1 aromatic rings. The number of hydrogen-bond donors (Lipinski definition) is 1. The Morgan fingerprint density at radius 3 is 2.58 bits per heavy atom. The molecule has 0 saturated heterocycles. The number of halogens is 1. The van der Waals surface area contributed by atoms with Gasteiger partial charge in [0.2, 0.25) is 0 Å². The second kappa shape index (κ2) is 5.87. The Morgan fingerprint density at radius 2 is 2.00 bits per heavy atom. The van der Waals surface area contributed by atoms with Crippen LogP contribution in [0.4, 0.5) is 10.5 Å². The number of fused-ring (bicyclic) bond motifs is 1.